The van der Waals surface area contributed by atoms with Gasteiger partial charge < -0.3 is 19.3 Å². The summed E-state index contributed by atoms with van der Waals surface area (Å²) in [4.78, 5) is 23.3. The van der Waals surface area contributed by atoms with E-state index < -0.39 is 5.60 Å². The Kier molecular flexibility index (Phi) is 6.46. The number of carbonyl (C=O) groups excluding carboxylic acids is 1. The summed E-state index contributed by atoms with van der Waals surface area (Å²) in [5.41, 5.74) is 0.528. The minimum absolute atomic E-state index is 0.233. The summed E-state index contributed by atoms with van der Waals surface area (Å²) in [6, 6.07) is 7.98. The minimum atomic E-state index is -0.470. The van der Waals surface area contributed by atoms with Gasteiger partial charge in [-0.25, -0.2) is 9.78 Å². The number of pyridine rings is 1. The highest BCUT2D eigenvalue weighted by molar-refractivity contribution is 9.10. The van der Waals surface area contributed by atoms with Gasteiger partial charge in [-0.1, -0.05) is 15.9 Å². The monoisotopic (exact) mass is 552 g/mol. The first kappa shape index (κ1) is 22.4. The number of anilines is 2. The summed E-state index contributed by atoms with van der Waals surface area (Å²) in [5, 5.41) is 0. The molecule has 1 saturated heterocycles. The number of hydrogen-bond donors (Lipinski definition) is 0. The van der Waals surface area contributed by atoms with Gasteiger partial charge in [-0.05, 0) is 54.9 Å². The molecule has 3 heterocycles. The van der Waals surface area contributed by atoms with Crippen LogP contribution in [0.1, 0.15) is 20.8 Å². The average molecular weight is 554 g/mol. The maximum atomic E-state index is 12.3. The van der Waals surface area contributed by atoms with Gasteiger partial charge in [0.05, 0.1) is 5.69 Å². The number of ether oxygens (including phenoxy) is 2. The number of carbonyl (C=O) groups is 1. The SMILES string of the molecule is CC(C)(C)OC(=O)N1CCN(CCN2c3ccc(Br)cc3Oc3cc(Br)cnc32)CC1. The molecule has 2 aromatic rings. The Morgan fingerprint density at radius 3 is 2.48 bits per heavy atom. The number of hydrogen-bond acceptors (Lipinski definition) is 6. The van der Waals surface area contributed by atoms with Crippen LogP contribution < -0.4 is 9.64 Å². The molecule has 7 nitrogen and oxygen atoms in total. The molecule has 9 heteroatoms. The van der Waals surface area contributed by atoms with Gasteiger partial charge in [0, 0.05) is 60.5 Å². The normalized spacial score (nSPS) is 16.4. The van der Waals surface area contributed by atoms with Crippen LogP contribution in [0, 0.1) is 0 Å². The van der Waals surface area contributed by atoms with Crippen LogP contribution in [-0.2, 0) is 4.74 Å². The maximum Gasteiger partial charge on any atom is 0.410 e. The Morgan fingerprint density at radius 1 is 1.06 bits per heavy atom. The summed E-state index contributed by atoms with van der Waals surface area (Å²) >= 11 is 7.01. The quantitative estimate of drug-likeness (QED) is 0.507. The number of aromatic nitrogens is 1. The van der Waals surface area contributed by atoms with Gasteiger partial charge in [0.15, 0.2) is 17.3 Å². The molecular weight excluding hydrogens is 528 g/mol. The minimum Gasteiger partial charge on any atom is -0.451 e. The van der Waals surface area contributed by atoms with Crippen LogP contribution in [0.2, 0.25) is 0 Å². The fraction of sp³-hybridized carbons (Fsp3) is 0.455. The van der Waals surface area contributed by atoms with E-state index in [1.165, 1.54) is 0 Å². The lowest BCUT2D eigenvalue weighted by molar-refractivity contribution is 0.0148. The fourth-order valence-electron chi connectivity index (χ4n) is 3.66. The standard InChI is InChI=1S/C22H26Br2N4O3/c1-22(2,3)31-21(29)27-9-6-26(7-10-27)8-11-28-17-5-4-15(23)12-18(17)30-19-13-16(24)14-25-20(19)28/h4-5,12-14H,6-11H2,1-3H3. The molecule has 166 valence electrons. The van der Waals surface area contributed by atoms with Crippen LogP contribution in [0.5, 0.6) is 11.5 Å². The largest absolute Gasteiger partial charge is 0.451 e. The highest BCUT2D eigenvalue weighted by Crippen LogP contribution is 2.46. The first-order chi connectivity index (χ1) is 14.7. The highest BCUT2D eigenvalue weighted by atomic mass is 79.9. The van der Waals surface area contributed by atoms with Crippen LogP contribution in [-0.4, -0.2) is 65.7 Å². The third kappa shape index (κ3) is 5.32. The van der Waals surface area contributed by atoms with E-state index in [1.807, 2.05) is 45.0 Å². The molecule has 2 aliphatic rings. The van der Waals surface area contributed by atoms with Crippen LogP contribution in [0.3, 0.4) is 0 Å². The molecular formula is C22H26Br2N4O3. The summed E-state index contributed by atoms with van der Waals surface area (Å²) in [5.74, 6) is 2.34. The second-order valence-electron chi connectivity index (χ2n) is 8.65. The molecule has 0 radical (unpaired) electrons. The van der Waals surface area contributed by atoms with Crippen molar-refractivity contribution in [2.75, 3.05) is 44.2 Å². The van der Waals surface area contributed by atoms with Crippen LogP contribution in [0.15, 0.2) is 39.4 Å². The van der Waals surface area contributed by atoms with Crippen molar-refractivity contribution in [2.24, 2.45) is 0 Å². The van der Waals surface area contributed by atoms with Gasteiger partial charge in [0.25, 0.3) is 0 Å². The number of benzene rings is 1. The predicted octanol–water partition coefficient (Wildman–Crippen LogP) is 5.40. The van der Waals surface area contributed by atoms with Gasteiger partial charge in [-0.15, -0.1) is 0 Å². The molecule has 0 N–H and O–H groups in total. The molecule has 1 aromatic heterocycles. The van der Waals surface area contributed by atoms with E-state index in [9.17, 15) is 4.79 Å². The van der Waals surface area contributed by atoms with Crippen molar-refractivity contribution in [2.45, 2.75) is 26.4 Å². The third-order valence-corrected chi connectivity index (χ3v) is 6.08. The van der Waals surface area contributed by atoms with Crippen molar-refractivity contribution in [3.8, 4) is 11.5 Å². The number of piperazine rings is 1. The lowest BCUT2D eigenvalue weighted by atomic mass is 10.2. The molecule has 31 heavy (non-hydrogen) atoms. The summed E-state index contributed by atoms with van der Waals surface area (Å²) in [6.45, 7) is 10.3. The molecule has 0 spiro atoms. The summed E-state index contributed by atoms with van der Waals surface area (Å²) in [6.07, 6.45) is 1.56. The van der Waals surface area contributed by atoms with Crippen molar-refractivity contribution < 1.29 is 14.3 Å². The van der Waals surface area contributed by atoms with E-state index in [2.05, 4.69) is 46.6 Å². The molecule has 0 bridgehead atoms. The zero-order valence-electron chi connectivity index (χ0n) is 17.9. The second-order valence-corrected chi connectivity index (χ2v) is 10.5. The molecule has 0 saturated carbocycles. The number of nitrogens with zero attached hydrogens (tertiary/aromatic N) is 4. The third-order valence-electron chi connectivity index (χ3n) is 5.15. The van der Waals surface area contributed by atoms with Gasteiger partial charge in [-0.2, -0.15) is 0 Å². The Balaban J connectivity index is 1.42. The molecule has 1 amide bonds. The number of halogens is 2. The van der Waals surface area contributed by atoms with Crippen molar-refractivity contribution in [3.05, 3.63) is 39.4 Å². The Hall–Kier alpha value is -1.84. The van der Waals surface area contributed by atoms with Crippen LogP contribution >= 0.6 is 31.9 Å². The summed E-state index contributed by atoms with van der Waals surface area (Å²) in [7, 11) is 0. The zero-order valence-corrected chi connectivity index (χ0v) is 21.1. The highest BCUT2D eigenvalue weighted by Gasteiger charge is 2.29. The molecule has 2 aliphatic heterocycles. The number of amides is 1. The van der Waals surface area contributed by atoms with Crippen LogP contribution in [0.4, 0.5) is 16.3 Å². The smallest absolute Gasteiger partial charge is 0.410 e. The molecule has 1 fully saturated rings. The Bertz CT molecular complexity index is 920. The van der Waals surface area contributed by atoms with E-state index in [-0.39, 0.29) is 6.09 Å². The van der Waals surface area contributed by atoms with Gasteiger partial charge >= 0.3 is 6.09 Å². The van der Waals surface area contributed by atoms with Gasteiger partial charge in [-0.3, -0.25) is 4.90 Å². The molecule has 0 unspecified atom stereocenters. The Morgan fingerprint density at radius 2 is 1.77 bits per heavy atom. The fourth-order valence-corrected chi connectivity index (χ4v) is 4.32. The number of fused-ring (bicyclic) bond motifs is 2. The van der Waals surface area contributed by atoms with E-state index in [1.54, 1.807) is 11.1 Å². The summed E-state index contributed by atoms with van der Waals surface area (Å²) < 4.78 is 13.4. The van der Waals surface area contributed by atoms with E-state index in [0.717, 1.165) is 58.1 Å². The van der Waals surface area contributed by atoms with Gasteiger partial charge in [0.2, 0.25) is 0 Å². The van der Waals surface area contributed by atoms with Crippen molar-refractivity contribution in [1.29, 1.82) is 0 Å². The molecule has 0 aliphatic carbocycles. The molecule has 4 rings (SSSR count). The number of rotatable bonds is 3. The van der Waals surface area contributed by atoms with Crippen molar-refractivity contribution in [1.82, 2.24) is 14.8 Å². The van der Waals surface area contributed by atoms with Crippen LogP contribution in [0.25, 0.3) is 0 Å². The molecule has 0 atom stereocenters. The predicted molar refractivity (Wildman–Crippen MR) is 127 cm³/mol. The second kappa shape index (κ2) is 8.96. The Labute approximate surface area is 199 Å². The first-order valence-corrected chi connectivity index (χ1v) is 11.9. The maximum absolute atomic E-state index is 12.3. The average Bonchev–Trinajstić information content (AvgIpc) is 2.70. The van der Waals surface area contributed by atoms with E-state index >= 15 is 0 Å². The van der Waals surface area contributed by atoms with E-state index in [0.29, 0.717) is 13.1 Å². The van der Waals surface area contributed by atoms with Crippen molar-refractivity contribution in [3.63, 3.8) is 0 Å². The lowest BCUT2D eigenvalue weighted by Gasteiger charge is -2.37. The van der Waals surface area contributed by atoms with E-state index in [4.69, 9.17) is 9.47 Å². The van der Waals surface area contributed by atoms with Crippen molar-refractivity contribution >= 4 is 49.5 Å². The lowest BCUT2D eigenvalue weighted by Crippen LogP contribution is -2.51. The zero-order chi connectivity index (χ0) is 22.2. The van der Waals surface area contributed by atoms with Gasteiger partial charge in [0.1, 0.15) is 5.60 Å². The topological polar surface area (TPSA) is 58.1 Å². The first-order valence-electron chi connectivity index (χ1n) is 10.3. The molecule has 1 aromatic carbocycles.